The molecule has 2 N–H and O–H groups in total. The van der Waals surface area contributed by atoms with Crippen LogP contribution in [-0.2, 0) is 10.0 Å². The fourth-order valence-electron chi connectivity index (χ4n) is 2.78. The molecule has 1 saturated heterocycles. The lowest BCUT2D eigenvalue weighted by Crippen LogP contribution is -2.32. The third-order valence-corrected chi connectivity index (χ3v) is 6.15. The van der Waals surface area contributed by atoms with Crippen molar-refractivity contribution in [2.45, 2.75) is 44.3 Å². The Kier molecular flexibility index (Phi) is 5.01. The Hall–Kier alpha value is -1.41. The van der Waals surface area contributed by atoms with Crippen LogP contribution in [0.5, 0.6) is 0 Å². The molecule has 8 heteroatoms. The molecule has 0 unspecified atom stereocenters. The molecule has 2 aliphatic rings. The second-order valence-corrected chi connectivity index (χ2v) is 8.35. The minimum absolute atomic E-state index is 0.177. The van der Waals surface area contributed by atoms with Crippen molar-refractivity contribution in [3.8, 4) is 0 Å². The van der Waals surface area contributed by atoms with Crippen molar-refractivity contribution in [2.24, 2.45) is 0 Å². The molecule has 0 radical (unpaired) electrons. The standard InChI is InChI=1S/C15H25N5O2S/c1-12-11-14(20-9-3-2-4-10-20)19-15(18-12)16-7-8-17-23(21,22)13-5-6-13/h11,13,17H,2-10H2,1H3,(H,16,18,19). The first-order valence-electron chi connectivity index (χ1n) is 8.37. The predicted molar refractivity (Wildman–Crippen MR) is 91.3 cm³/mol. The highest BCUT2D eigenvalue weighted by Crippen LogP contribution is 2.27. The van der Waals surface area contributed by atoms with Gasteiger partial charge in [0.1, 0.15) is 5.82 Å². The maximum Gasteiger partial charge on any atom is 0.224 e. The van der Waals surface area contributed by atoms with Gasteiger partial charge in [0.2, 0.25) is 16.0 Å². The molecule has 1 saturated carbocycles. The van der Waals surface area contributed by atoms with Crippen molar-refractivity contribution in [1.82, 2.24) is 14.7 Å². The first kappa shape index (κ1) is 16.4. The summed E-state index contributed by atoms with van der Waals surface area (Å²) >= 11 is 0. The van der Waals surface area contributed by atoms with Crippen molar-refractivity contribution < 1.29 is 8.42 Å². The van der Waals surface area contributed by atoms with Crippen molar-refractivity contribution in [3.63, 3.8) is 0 Å². The van der Waals surface area contributed by atoms with Gasteiger partial charge in [0.15, 0.2) is 0 Å². The van der Waals surface area contributed by atoms with Crippen molar-refractivity contribution >= 4 is 21.8 Å². The summed E-state index contributed by atoms with van der Waals surface area (Å²) in [5.74, 6) is 1.52. The van der Waals surface area contributed by atoms with Gasteiger partial charge < -0.3 is 10.2 Å². The number of aryl methyl sites for hydroxylation is 1. The monoisotopic (exact) mass is 339 g/mol. The Bertz CT molecular complexity index is 639. The number of rotatable bonds is 7. The number of hydrogen-bond donors (Lipinski definition) is 2. The second kappa shape index (κ2) is 7.00. The van der Waals surface area contributed by atoms with E-state index in [1.807, 2.05) is 13.0 Å². The first-order valence-corrected chi connectivity index (χ1v) is 9.92. The van der Waals surface area contributed by atoms with Crippen LogP contribution in [0.3, 0.4) is 0 Å². The molecule has 1 aromatic rings. The Morgan fingerprint density at radius 3 is 2.61 bits per heavy atom. The Morgan fingerprint density at radius 2 is 1.91 bits per heavy atom. The Balaban J connectivity index is 1.53. The first-order chi connectivity index (χ1) is 11.0. The number of sulfonamides is 1. The van der Waals surface area contributed by atoms with Crippen LogP contribution in [0.15, 0.2) is 6.07 Å². The van der Waals surface area contributed by atoms with E-state index in [9.17, 15) is 8.42 Å². The van der Waals surface area contributed by atoms with E-state index in [0.717, 1.165) is 37.4 Å². The lowest BCUT2D eigenvalue weighted by molar-refractivity contribution is 0.573. The van der Waals surface area contributed by atoms with Crippen molar-refractivity contribution in [1.29, 1.82) is 0 Å². The highest BCUT2D eigenvalue weighted by atomic mass is 32.2. The van der Waals surface area contributed by atoms with E-state index in [0.29, 0.717) is 19.0 Å². The maximum atomic E-state index is 11.7. The summed E-state index contributed by atoms with van der Waals surface area (Å²) in [5, 5.41) is 2.94. The SMILES string of the molecule is Cc1cc(N2CCCCC2)nc(NCCNS(=O)(=O)C2CC2)n1. The van der Waals surface area contributed by atoms with Crippen LogP contribution < -0.4 is 14.9 Å². The number of aromatic nitrogens is 2. The normalized spacial score (nSPS) is 18.9. The fraction of sp³-hybridized carbons (Fsp3) is 0.733. The predicted octanol–water partition coefficient (Wildman–Crippen LogP) is 1.27. The van der Waals surface area contributed by atoms with Crippen LogP contribution in [0, 0.1) is 6.92 Å². The molecule has 1 aliphatic carbocycles. The number of nitrogens with one attached hydrogen (secondary N) is 2. The van der Waals surface area contributed by atoms with Crippen LogP contribution in [0.2, 0.25) is 0 Å². The van der Waals surface area contributed by atoms with E-state index < -0.39 is 10.0 Å². The molecule has 0 spiro atoms. The molecule has 0 amide bonds. The molecule has 2 heterocycles. The summed E-state index contributed by atoms with van der Waals surface area (Å²) in [4.78, 5) is 11.2. The molecule has 0 bridgehead atoms. The van der Waals surface area contributed by atoms with Gasteiger partial charge in [0, 0.05) is 37.9 Å². The molecule has 1 aliphatic heterocycles. The topological polar surface area (TPSA) is 87.2 Å². The molecule has 2 fully saturated rings. The molecular formula is C15H25N5O2S. The van der Waals surface area contributed by atoms with Crippen LogP contribution in [-0.4, -0.2) is 49.8 Å². The van der Waals surface area contributed by atoms with E-state index in [2.05, 4.69) is 24.9 Å². The van der Waals surface area contributed by atoms with Crippen molar-refractivity contribution in [3.05, 3.63) is 11.8 Å². The zero-order valence-corrected chi connectivity index (χ0v) is 14.4. The number of hydrogen-bond acceptors (Lipinski definition) is 6. The summed E-state index contributed by atoms with van der Waals surface area (Å²) in [6.45, 7) is 4.87. The molecular weight excluding hydrogens is 314 g/mol. The smallest absolute Gasteiger partial charge is 0.224 e. The molecule has 1 aromatic heterocycles. The third kappa shape index (κ3) is 4.54. The van der Waals surface area contributed by atoms with E-state index in [4.69, 9.17) is 0 Å². The van der Waals surface area contributed by atoms with Gasteiger partial charge in [-0.3, -0.25) is 0 Å². The molecule has 23 heavy (non-hydrogen) atoms. The van der Waals surface area contributed by atoms with E-state index in [1.165, 1.54) is 19.3 Å². The Morgan fingerprint density at radius 1 is 1.17 bits per heavy atom. The van der Waals surface area contributed by atoms with Crippen LogP contribution in [0.25, 0.3) is 0 Å². The number of anilines is 2. The molecule has 128 valence electrons. The van der Waals surface area contributed by atoms with Crippen molar-refractivity contribution in [2.75, 3.05) is 36.4 Å². The minimum atomic E-state index is -3.11. The zero-order valence-electron chi connectivity index (χ0n) is 13.6. The summed E-state index contributed by atoms with van der Waals surface area (Å²) in [6, 6.07) is 2.01. The molecule has 0 atom stereocenters. The number of nitrogens with zero attached hydrogens (tertiary/aromatic N) is 3. The van der Waals surface area contributed by atoms with Crippen LogP contribution in [0.1, 0.15) is 37.8 Å². The highest BCUT2D eigenvalue weighted by Gasteiger charge is 2.35. The van der Waals surface area contributed by atoms with Crippen LogP contribution >= 0.6 is 0 Å². The van der Waals surface area contributed by atoms with Gasteiger partial charge in [-0.15, -0.1) is 0 Å². The van der Waals surface area contributed by atoms with Crippen LogP contribution in [0.4, 0.5) is 11.8 Å². The van der Waals surface area contributed by atoms with Gasteiger partial charge in [0.05, 0.1) is 5.25 Å². The molecule has 3 rings (SSSR count). The van der Waals surface area contributed by atoms with Gasteiger partial charge in [-0.25, -0.2) is 18.1 Å². The average molecular weight is 339 g/mol. The average Bonchev–Trinajstić information content (AvgIpc) is 3.37. The highest BCUT2D eigenvalue weighted by molar-refractivity contribution is 7.90. The van der Waals surface area contributed by atoms with Gasteiger partial charge >= 0.3 is 0 Å². The quantitative estimate of drug-likeness (QED) is 0.728. The summed E-state index contributed by atoms with van der Waals surface area (Å²) in [5.41, 5.74) is 0.918. The maximum absolute atomic E-state index is 11.7. The largest absolute Gasteiger partial charge is 0.356 e. The fourth-order valence-corrected chi connectivity index (χ4v) is 4.16. The molecule has 0 aromatic carbocycles. The van der Waals surface area contributed by atoms with E-state index in [-0.39, 0.29) is 5.25 Å². The zero-order chi connectivity index (χ0) is 16.3. The lowest BCUT2D eigenvalue weighted by atomic mass is 10.1. The Labute approximate surface area is 137 Å². The summed E-state index contributed by atoms with van der Waals surface area (Å²) in [7, 11) is -3.11. The molecule has 7 nitrogen and oxygen atoms in total. The minimum Gasteiger partial charge on any atom is -0.356 e. The summed E-state index contributed by atoms with van der Waals surface area (Å²) < 4.78 is 26.1. The van der Waals surface area contributed by atoms with Gasteiger partial charge in [0.25, 0.3) is 0 Å². The van der Waals surface area contributed by atoms with E-state index in [1.54, 1.807) is 0 Å². The third-order valence-electron chi connectivity index (χ3n) is 4.20. The van der Waals surface area contributed by atoms with Gasteiger partial charge in [-0.1, -0.05) is 0 Å². The lowest BCUT2D eigenvalue weighted by Gasteiger charge is -2.28. The number of piperidine rings is 1. The van der Waals surface area contributed by atoms with Gasteiger partial charge in [-0.2, -0.15) is 4.98 Å². The second-order valence-electron chi connectivity index (χ2n) is 6.30. The van der Waals surface area contributed by atoms with E-state index >= 15 is 0 Å². The van der Waals surface area contributed by atoms with Gasteiger partial charge in [-0.05, 0) is 39.0 Å². The summed E-state index contributed by atoms with van der Waals surface area (Å²) in [6.07, 6.45) is 5.25.